The molecular formula is C24H22ClNO3. The van der Waals surface area contributed by atoms with Crippen LogP contribution in [0.3, 0.4) is 0 Å². The second kappa shape index (κ2) is 7.21. The molecule has 4 rings (SSSR count). The number of anilines is 1. The molecule has 0 radical (unpaired) electrons. The van der Waals surface area contributed by atoms with Gasteiger partial charge in [-0.3, -0.25) is 4.79 Å². The molecule has 0 bridgehead atoms. The third kappa shape index (κ3) is 3.28. The summed E-state index contributed by atoms with van der Waals surface area (Å²) < 4.78 is 5.21. The topological polar surface area (TPSA) is 49.8 Å². The number of aliphatic hydroxyl groups is 1. The number of halogens is 1. The number of amides is 1. The zero-order chi connectivity index (χ0) is 20.8. The van der Waals surface area contributed by atoms with E-state index in [-0.39, 0.29) is 5.91 Å². The van der Waals surface area contributed by atoms with E-state index >= 15 is 0 Å². The van der Waals surface area contributed by atoms with Crippen molar-refractivity contribution in [1.82, 2.24) is 0 Å². The summed E-state index contributed by atoms with van der Waals surface area (Å²) in [6.07, 6.45) is 0. The number of fused-ring (bicyclic) bond motifs is 1. The lowest BCUT2D eigenvalue weighted by Gasteiger charge is -2.24. The van der Waals surface area contributed by atoms with E-state index in [0.717, 1.165) is 22.4 Å². The Labute approximate surface area is 175 Å². The summed E-state index contributed by atoms with van der Waals surface area (Å²) in [6, 6.07) is 18.5. The SMILES string of the molecule is COc1ccc(CN2C(=O)[C@@](O)(c3cc(C)cc(C)c3)c3cc(Cl)ccc32)cc1. The van der Waals surface area contributed by atoms with Crippen LogP contribution in [-0.4, -0.2) is 18.1 Å². The van der Waals surface area contributed by atoms with E-state index in [1.165, 1.54) is 0 Å². The molecule has 0 saturated carbocycles. The molecule has 148 valence electrons. The van der Waals surface area contributed by atoms with Crippen LogP contribution in [0.25, 0.3) is 0 Å². The summed E-state index contributed by atoms with van der Waals surface area (Å²) in [5, 5.41) is 12.2. The minimum Gasteiger partial charge on any atom is -0.497 e. The number of methoxy groups -OCH3 is 1. The van der Waals surface area contributed by atoms with Crippen LogP contribution < -0.4 is 9.64 Å². The third-order valence-corrected chi connectivity index (χ3v) is 5.57. The van der Waals surface area contributed by atoms with Crippen LogP contribution in [0.5, 0.6) is 5.75 Å². The monoisotopic (exact) mass is 407 g/mol. The standard InChI is InChI=1S/C24H22ClNO3/c1-15-10-16(2)12-18(11-15)24(28)21-13-19(25)6-9-22(21)26(23(24)27)14-17-4-7-20(29-3)8-5-17/h4-13,28H,14H2,1-3H3/t24-/m1/s1. The molecular weight excluding hydrogens is 386 g/mol. The number of nitrogens with zero attached hydrogens (tertiary/aromatic N) is 1. The highest BCUT2D eigenvalue weighted by Crippen LogP contribution is 2.46. The van der Waals surface area contributed by atoms with Gasteiger partial charge < -0.3 is 14.7 Å². The van der Waals surface area contributed by atoms with Crippen LogP contribution in [-0.2, 0) is 16.9 Å². The number of ether oxygens (including phenoxy) is 1. The van der Waals surface area contributed by atoms with Gasteiger partial charge in [-0.05, 0) is 55.3 Å². The summed E-state index contributed by atoms with van der Waals surface area (Å²) in [6.45, 7) is 4.24. The highest BCUT2D eigenvalue weighted by molar-refractivity contribution is 6.31. The molecule has 1 N–H and O–H groups in total. The number of carbonyl (C=O) groups excluding carboxylic acids is 1. The Hall–Kier alpha value is -2.82. The molecule has 29 heavy (non-hydrogen) atoms. The minimum absolute atomic E-state index is 0.338. The fraction of sp³-hybridized carbons (Fsp3) is 0.208. The lowest BCUT2D eigenvalue weighted by molar-refractivity contribution is -0.132. The smallest absolute Gasteiger partial charge is 0.268 e. The van der Waals surface area contributed by atoms with Crippen molar-refractivity contribution < 1.29 is 14.6 Å². The summed E-state index contributed by atoms with van der Waals surface area (Å²) in [5.41, 5.74) is 2.86. The van der Waals surface area contributed by atoms with E-state index in [4.69, 9.17) is 16.3 Å². The molecule has 0 aromatic heterocycles. The van der Waals surface area contributed by atoms with Gasteiger partial charge in [0.15, 0.2) is 5.60 Å². The van der Waals surface area contributed by atoms with Crippen molar-refractivity contribution in [3.63, 3.8) is 0 Å². The van der Waals surface area contributed by atoms with Gasteiger partial charge in [-0.1, -0.05) is 53.1 Å². The van der Waals surface area contributed by atoms with Crippen LogP contribution in [0, 0.1) is 13.8 Å². The van der Waals surface area contributed by atoms with Gasteiger partial charge in [0.05, 0.1) is 19.3 Å². The average Bonchev–Trinajstić information content (AvgIpc) is 2.90. The van der Waals surface area contributed by atoms with Gasteiger partial charge in [0, 0.05) is 10.6 Å². The van der Waals surface area contributed by atoms with E-state index < -0.39 is 5.60 Å². The molecule has 3 aromatic carbocycles. The van der Waals surface area contributed by atoms with Gasteiger partial charge in [-0.25, -0.2) is 0 Å². The number of carbonyl (C=O) groups is 1. The maximum absolute atomic E-state index is 13.6. The molecule has 0 aliphatic carbocycles. The van der Waals surface area contributed by atoms with Crippen molar-refractivity contribution >= 4 is 23.2 Å². The first-order chi connectivity index (χ1) is 13.8. The zero-order valence-corrected chi connectivity index (χ0v) is 17.3. The van der Waals surface area contributed by atoms with Crippen molar-refractivity contribution in [3.8, 4) is 5.75 Å². The largest absolute Gasteiger partial charge is 0.497 e. The summed E-state index contributed by atoms with van der Waals surface area (Å²) in [5.74, 6) is 0.371. The second-order valence-corrected chi connectivity index (χ2v) is 7.92. The molecule has 1 amide bonds. The van der Waals surface area contributed by atoms with Gasteiger partial charge in [-0.15, -0.1) is 0 Å². The molecule has 1 aliphatic heterocycles. The molecule has 1 atom stereocenters. The van der Waals surface area contributed by atoms with Crippen molar-refractivity contribution in [2.45, 2.75) is 26.0 Å². The molecule has 0 fully saturated rings. The molecule has 0 spiro atoms. The lowest BCUT2D eigenvalue weighted by Crippen LogP contribution is -2.41. The van der Waals surface area contributed by atoms with Crippen LogP contribution in [0.4, 0.5) is 5.69 Å². The molecule has 4 nitrogen and oxygen atoms in total. The van der Waals surface area contributed by atoms with Gasteiger partial charge in [0.1, 0.15) is 5.75 Å². The van der Waals surface area contributed by atoms with Gasteiger partial charge in [0.2, 0.25) is 0 Å². The molecule has 5 heteroatoms. The van der Waals surface area contributed by atoms with E-state index in [9.17, 15) is 9.90 Å². The highest BCUT2D eigenvalue weighted by Gasteiger charge is 2.51. The predicted molar refractivity (Wildman–Crippen MR) is 115 cm³/mol. The van der Waals surface area contributed by atoms with Crippen molar-refractivity contribution in [2.24, 2.45) is 0 Å². The van der Waals surface area contributed by atoms with Gasteiger partial charge >= 0.3 is 0 Å². The van der Waals surface area contributed by atoms with E-state index in [0.29, 0.717) is 28.4 Å². The molecule has 0 saturated heterocycles. The van der Waals surface area contributed by atoms with E-state index in [1.807, 2.05) is 56.3 Å². The predicted octanol–water partition coefficient (Wildman–Crippen LogP) is 4.75. The maximum atomic E-state index is 13.6. The first kappa shape index (κ1) is 19.5. The number of benzene rings is 3. The van der Waals surface area contributed by atoms with Crippen molar-refractivity contribution in [1.29, 1.82) is 0 Å². The number of rotatable bonds is 4. The first-order valence-corrected chi connectivity index (χ1v) is 9.77. The second-order valence-electron chi connectivity index (χ2n) is 7.49. The maximum Gasteiger partial charge on any atom is 0.268 e. The zero-order valence-electron chi connectivity index (χ0n) is 16.6. The lowest BCUT2D eigenvalue weighted by atomic mass is 9.86. The molecule has 1 heterocycles. The van der Waals surface area contributed by atoms with Crippen LogP contribution in [0.15, 0.2) is 60.7 Å². The Bertz CT molecular complexity index is 1070. The van der Waals surface area contributed by atoms with Crippen LogP contribution in [0.2, 0.25) is 5.02 Å². The Kier molecular flexibility index (Phi) is 4.85. The summed E-state index contributed by atoms with van der Waals surface area (Å²) >= 11 is 6.23. The highest BCUT2D eigenvalue weighted by atomic mass is 35.5. The molecule has 1 aliphatic rings. The number of hydrogen-bond donors (Lipinski definition) is 1. The fourth-order valence-electron chi connectivity index (χ4n) is 3.99. The molecule has 0 unspecified atom stereocenters. The van der Waals surface area contributed by atoms with Crippen molar-refractivity contribution in [2.75, 3.05) is 12.0 Å². The Morgan fingerprint density at radius 1 is 1.00 bits per heavy atom. The van der Waals surface area contributed by atoms with Gasteiger partial charge in [0.25, 0.3) is 5.91 Å². The minimum atomic E-state index is -1.77. The Balaban J connectivity index is 1.82. The Morgan fingerprint density at radius 2 is 1.66 bits per heavy atom. The Morgan fingerprint density at radius 3 is 2.28 bits per heavy atom. The number of aryl methyl sites for hydroxylation is 2. The van der Waals surface area contributed by atoms with Gasteiger partial charge in [-0.2, -0.15) is 0 Å². The average molecular weight is 408 g/mol. The molecule has 3 aromatic rings. The normalized spacial score (nSPS) is 18.1. The first-order valence-electron chi connectivity index (χ1n) is 9.39. The summed E-state index contributed by atoms with van der Waals surface area (Å²) in [4.78, 5) is 15.2. The van der Waals surface area contributed by atoms with E-state index in [2.05, 4.69) is 0 Å². The van der Waals surface area contributed by atoms with E-state index in [1.54, 1.807) is 30.2 Å². The summed E-state index contributed by atoms with van der Waals surface area (Å²) in [7, 11) is 1.61. The number of hydrogen-bond acceptors (Lipinski definition) is 3. The van der Waals surface area contributed by atoms with Crippen molar-refractivity contribution in [3.05, 3.63) is 93.5 Å². The van der Waals surface area contributed by atoms with Crippen LogP contribution in [0.1, 0.15) is 27.8 Å². The van der Waals surface area contributed by atoms with Crippen LogP contribution >= 0.6 is 11.6 Å². The quantitative estimate of drug-likeness (QED) is 0.679. The third-order valence-electron chi connectivity index (χ3n) is 5.33. The fourth-order valence-corrected chi connectivity index (χ4v) is 4.16.